The molecule has 1 saturated carbocycles. The van der Waals surface area contributed by atoms with Gasteiger partial charge in [0.15, 0.2) is 0 Å². The molecule has 1 aliphatic carbocycles. The van der Waals surface area contributed by atoms with Crippen LogP contribution in [0.1, 0.15) is 29.6 Å². The fraction of sp³-hybridized carbons (Fsp3) is 0.391. The van der Waals surface area contributed by atoms with Gasteiger partial charge in [-0.15, -0.1) is 0 Å². The number of anilines is 2. The number of hydrazine groups is 2. The van der Waals surface area contributed by atoms with Crippen LogP contribution in [0, 0.1) is 10.8 Å². The second kappa shape index (κ2) is 6.45. The van der Waals surface area contributed by atoms with Gasteiger partial charge < -0.3 is 9.80 Å². The number of carbonyl (C=O) groups excluding carboxylic acids is 2. The van der Waals surface area contributed by atoms with Crippen LogP contribution in [0.25, 0.3) is 0 Å². The van der Waals surface area contributed by atoms with Gasteiger partial charge in [0.25, 0.3) is 0 Å². The Balaban J connectivity index is 1.61. The maximum Gasteiger partial charge on any atom is 0.243 e. The molecule has 2 heterocycles. The molecule has 1 spiro atoms. The lowest BCUT2D eigenvalue weighted by Crippen LogP contribution is -2.50. The van der Waals surface area contributed by atoms with Gasteiger partial charge in [-0.2, -0.15) is 0 Å². The van der Waals surface area contributed by atoms with Crippen molar-refractivity contribution in [2.24, 2.45) is 16.7 Å². The zero-order valence-corrected chi connectivity index (χ0v) is 18.2. The first-order chi connectivity index (χ1) is 14.8. The van der Waals surface area contributed by atoms with Crippen molar-refractivity contribution < 1.29 is 9.59 Å². The first kappa shape index (κ1) is 19.8. The lowest BCUT2D eigenvalue weighted by atomic mass is 9.81. The summed E-state index contributed by atoms with van der Waals surface area (Å²) in [6.07, 6.45) is 0.478. The molecule has 5 atom stereocenters. The predicted octanol–water partition coefficient (Wildman–Crippen LogP) is 1.33. The van der Waals surface area contributed by atoms with Gasteiger partial charge in [-0.1, -0.05) is 24.3 Å². The highest BCUT2D eigenvalue weighted by molar-refractivity contribution is 6.03. The van der Waals surface area contributed by atoms with Gasteiger partial charge in [0.2, 0.25) is 11.8 Å². The molecule has 8 heteroatoms. The van der Waals surface area contributed by atoms with Crippen LogP contribution in [0.5, 0.6) is 0 Å². The van der Waals surface area contributed by atoms with Crippen LogP contribution >= 0.6 is 0 Å². The molecule has 162 valence electrons. The van der Waals surface area contributed by atoms with Crippen LogP contribution in [0.4, 0.5) is 11.4 Å². The van der Waals surface area contributed by atoms with Crippen LogP contribution in [0.2, 0.25) is 0 Å². The van der Waals surface area contributed by atoms with Gasteiger partial charge in [-0.05, 0) is 41.8 Å². The Kier molecular flexibility index (Phi) is 4.13. The number of hydrogen-bond acceptors (Lipinski definition) is 6. The molecule has 3 aliphatic rings. The van der Waals surface area contributed by atoms with E-state index in [2.05, 4.69) is 23.0 Å². The number of carbonyl (C=O) groups is 2. The van der Waals surface area contributed by atoms with Crippen molar-refractivity contribution in [3.05, 3.63) is 59.7 Å². The smallest absolute Gasteiger partial charge is 0.243 e. The van der Waals surface area contributed by atoms with E-state index in [1.54, 1.807) is 0 Å². The Labute approximate surface area is 181 Å². The van der Waals surface area contributed by atoms with E-state index in [0.717, 1.165) is 22.5 Å². The average Bonchev–Trinajstić information content (AvgIpc) is 3.31. The third-order valence-electron chi connectivity index (χ3n) is 7.34. The van der Waals surface area contributed by atoms with Crippen molar-refractivity contribution in [2.75, 3.05) is 38.0 Å². The Morgan fingerprint density at radius 2 is 1.45 bits per heavy atom. The summed E-state index contributed by atoms with van der Waals surface area (Å²) < 4.78 is 0. The highest BCUT2D eigenvalue weighted by atomic mass is 16.2. The van der Waals surface area contributed by atoms with E-state index < -0.39 is 10.8 Å². The number of nitrogens with zero attached hydrogens (tertiary/aromatic N) is 3. The molecule has 8 nitrogen and oxygen atoms in total. The lowest BCUT2D eigenvalue weighted by Gasteiger charge is -2.34. The van der Waals surface area contributed by atoms with Crippen LogP contribution in [0.15, 0.2) is 48.5 Å². The van der Waals surface area contributed by atoms with Crippen molar-refractivity contribution >= 4 is 23.2 Å². The van der Waals surface area contributed by atoms with Crippen molar-refractivity contribution in [1.29, 1.82) is 0 Å². The molecule has 3 fully saturated rings. The Morgan fingerprint density at radius 3 is 1.90 bits per heavy atom. The van der Waals surface area contributed by atoms with Gasteiger partial charge in [0, 0.05) is 39.6 Å². The standard InChI is InChI=1S/C23H28N6O2/c1-27(2)16-9-5-14(6-10-16)18-22(20(30)25-24)13-23(22)19(29(18)26-21(23)31)15-7-11-17(12-8-15)28(3)4/h5-12,18-19H,13,24H2,1-4H3,(H,25,30)(H,26,31). The summed E-state index contributed by atoms with van der Waals surface area (Å²) in [5.41, 5.74) is 7.88. The third-order valence-corrected chi connectivity index (χ3v) is 7.34. The molecule has 2 aromatic rings. The monoisotopic (exact) mass is 420 g/mol. The average molecular weight is 421 g/mol. The van der Waals surface area contributed by atoms with E-state index in [9.17, 15) is 9.59 Å². The third kappa shape index (κ3) is 2.37. The predicted molar refractivity (Wildman–Crippen MR) is 119 cm³/mol. The number of fused-ring (bicyclic) bond motifs is 1. The molecule has 4 N–H and O–H groups in total. The van der Waals surface area contributed by atoms with E-state index in [0.29, 0.717) is 6.42 Å². The molecule has 2 saturated heterocycles. The number of amides is 2. The molecule has 5 unspecified atom stereocenters. The fourth-order valence-electron chi connectivity index (χ4n) is 5.79. The minimum absolute atomic E-state index is 0.0982. The number of rotatable bonds is 5. The number of hydrogen-bond donors (Lipinski definition) is 3. The van der Waals surface area contributed by atoms with E-state index in [1.807, 2.05) is 79.4 Å². The maximum absolute atomic E-state index is 13.1. The van der Waals surface area contributed by atoms with Crippen molar-refractivity contribution in [3.63, 3.8) is 0 Å². The van der Waals surface area contributed by atoms with Crippen LogP contribution in [-0.4, -0.2) is 45.0 Å². The van der Waals surface area contributed by atoms with Gasteiger partial charge in [0.05, 0.1) is 22.9 Å². The molecule has 0 radical (unpaired) electrons. The Hall–Kier alpha value is -3.10. The lowest BCUT2D eigenvalue weighted by molar-refractivity contribution is -0.138. The van der Waals surface area contributed by atoms with Crippen LogP contribution in [0.3, 0.4) is 0 Å². The summed E-state index contributed by atoms with van der Waals surface area (Å²) in [5.74, 6) is 5.24. The van der Waals surface area contributed by atoms with E-state index >= 15 is 0 Å². The van der Waals surface area contributed by atoms with Gasteiger partial charge in [-0.3, -0.25) is 20.4 Å². The SMILES string of the molecule is CN(C)c1ccc(C2N3NC(=O)C4(CC24C(=O)NN)C3c2ccc(N(C)C)cc2)cc1. The van der Waals surface area contributed by atoms with Crippen molar-refractivity contribution in [3.8, 4) is 0 Å². The first-order valence-corrected chi connectivity index (χ1v) is 10.4. The molecular weight excluding hydrogens is 392 g/mol. The number of nitrogens with one attached hydrogen (secondary N) is 2. The second-order valence-electron chi connectivity index (χ2n) is 9.22. The molecule has 31 heavy (non-hydrogen) atoms. The van der Waals surface area contributed by atoms with Gasteiger partial charge in [0.1, 0.15) is 0 Å². The first-order valence-electron chi connectivity index (χ1n) is 10.4. The summed E-state index contributed by atoms with van der Waals surface area (Å²) in [5, 5.41) is 1.97. The number of benzene rings is 2. The van der Waals surface area contributed by atoms with Gasteiger partial charge >= 0.3 is 0 Å². The summed E-state index contributed by atoms with van der Waals surface area (Å²) in [4.78, 5) is 30.3. The number of piperidine rings is 1. The quantitative estimate of drug-likeness (QED) is 0.384. The highest BCUT2D eigenvalue weighted by Gasteiger charge is 2.91. The molecule has 2 aromatic carbocycles. The zero-order valence-electron chi connectivity index (χ0n) is 18.2. The van der Waals surface area contributed by atoms with E-state index in [-0.39, 0.29) is 23.9 Å². The van der Waals surface area contributed by atoms with E-state index in [1.165, 1.54) is 0 Å². The molecule has 2 aliphatic heterocycles. The normalized spacial score (nSPS) is 32.3. The Morgan fingerprint density at radius 1 is 0.968 bits per heavy atom. The minimum Gasteiger partial charge on any atom is -0.378 e. The zero-order chi connectivity index (χ0) is 22.1. The summed E-state index contributed by atoms with van der Waals surface area (Å²) >= 11 is 0. The molecule has 2 amide bonds. The van der Waals surface area contributed by atoms with Crippen LogP contribution in [-0.2, 0) is 9.59 Å². The van der Waals surface area contributed by atoms with Crippen molar-refractivity contribution in [1.82, 2.24) is 15.9 Å². The largest absolute Gasteiger partial charge is 0.378 e. The van der Waals surface area contributed by atoms with Gasteiger partial charge in [-0.25, -0.2) is 10.9 Å². The van der Waals surface area contributed by atoms with E-state index in [4.69, 9.17) is 5.84 Å². The topological polar surface area (TPSA) is 93.9 Å². The molecule has 5 rings (SSSR count). The minimum atomic E-state index is -0.880. The Bertz CT molecular complexity index is 1050. The maximum atomic E-state index is 13.1. The number of nitrogens with two attached hydrogens (primary N) is 1. The highest BCUT2D eigenvalue weighted by Crippen LogP contribution is 2.84. The summed E-state index contributed by atoms with van der Waals surface area (Å²) in [6, 6.07) is 15.8. The summed E-state index contributed by atoms with van der Waals surface area (Å²) in [7, 11) is 7.96. The molecular formula is C23H28N6O2. The second-order valence-corrected chi connectivity index (χ2v) is 9.22. The van der Waals surface area contributed by atoms with Crippen LogP contribution < -0.4 is 26.5 Å². The molecule has 0 aromatic heterocycles. The van der Waals surface area contributed by atoms with Crippen molar-refractivity contribution in [2.45, 2.75) is 18.5 Å². The molecule has 2 bridgehead atoms. The fourth-order valence-corrected chi connectivity index (χ4v) is 5.79. The summed E-state index contributed by atoms with van der Waals surface area (Å²) in [6.45, 7) is 0.